The lowest BCUT2D eigenvalue weighted by Crippen LogP contribution is -2.40. The van der Waals surface area contributed by atoms with E-state index in [4.69, 9.17) is 18.9 Å². The molecule has 2 heterocycles. The van der Waals surface area contributed by atoms with Gasteiger partial charge in [0.25, 0.3) is 5.56 Å². The lowest BCUT2D eigenvalue weighted by Gasteiger charge is -2.26. The Labute approximate surface area is 212 Å². The molecular formula is C27H28N2O6S. The van der Waals surface area contributed by atoms with E-state index in [-0.39, 0.29) is 17.7 Å². The fraction of sp³-hybridized carbons (Fsp3) is 0.296. The Hall–Kier alpha value is -3.85. The van der Waals surface area contributed by atoms with Crippen LogP contribution in [0.4, 0.5) is 0 Å². The maximum atomic E-state index is 13.8. The number of allylic oxidation sites excluding steroid dienone is 1. The van der Waals surface area contributed by atoms with Crippen molar-refractivity contribution in [1.29, 1.82) is 0 Å². The van der Waals surface area contributed by atoms with Crippen LogP contribution in [0.5, 0.6) is 17.2 Å². The summed E-state index contributed by atoms with van der Waals surface area (Å²) < 4.78 is 23.8. The van der Waals surface area contributed by atoms with Crippen molar-refractivity contribution in [3.05, 3.63) is 84.0 Å². The van der Waals surface area contributed by atoms with Crippen LogP contribution in [-0.2, 0) is 9.53 Å². The van der Waals surface area contributed by atoms with Crippen LogP contribution >= 0.6 is 11.3 Å². The zero-order valence-electron chi connectivity index (χ0n) is 21.1. The molecule has 9 heteroatoms. The fourth-order valence-electron chi connectivity index (χ4n) is 4.22. The van der Waals surface area contributed by atoms with E-state index in [0.717, 1.165) is 16.9 Å². The summed E-state index contributed by atoms with van der Waals surface area (Å²) >= 11 is 1.27. The van der Waals surface area contributed by atoms with Crippen molar-refractivity contribution < 1.29 is 23.7 Å². The van der Waals surface area contributed by atoms with Crippen LogP contribution in [0.15, 0.2) is 57.5 Å². The number of aromatic nitrogens is 1. The fourth-order valence-corrected chi connectivity index (χ4v) is 5.25. The number of aryl methyl sites for hydroxylation is 1. The van der Waals surface area contributed by atoms with Crippen LogP contribution in [0, 0.1) is 6.92 Å². The summed E-state index contributed by atoms with van der Waals surface area (Å²) in [6.07, 6.45) is 1.84. The van der Waals surface area contributed by atoms with Gasteiger partial charge < -0.3 is 18.9 Å². The third-order valence-corrected chi connectivity index (χ3v) is 6.99. The average Bonchev–Trinajstić information content (AvgIpc) is 3.18. The van der Waals surface area contributed by atoms with E-state index in [9.17, 15) is 9.59 Å². The van der Waals surface area contributed by atoms with Gasteiger partial charge in [0, 0.05) is 5.56 Å². The first-order chi connectivity index (χ1) is 17.3. The van der Waals surface area contributed by atoms with Gasteiger partial charge in [-0.15, -0.1) is 0 Å². The molecule has 4 rings (SSSR count). The molecule has 0 N–H and O–H groups in total. The number of carbonyl (C=O) groups excluding carboxylic acids is 1. The number of fused-ring (bicyclic) bond motifs is 1. The molecule has 0 aliphatic carbocycles. The van der Waals surface area contributed by atoms with Crippen molar-refractivity contribution in [2.75, 3.05) is 27.9 Å². The van der Waals surface area contributed by atoms with Crippen molar-refractivity contribution >= 4 is 23.4 Å². The average molecular weight is 509 g/mol. The summed E-state index contributed by atoms with van der Waals surface area (Å²) in [5, 5.41) is 0. The zero-order valence-corrected chi connectivity index (χ0v) is 21.9. The molecule has 0 unspecified atom stereocenters. The molecule has 1 aromatic heterocycles. The number of hydrogen-bond donors (Lipinski definition) is 0. The van der Waals surface area contributed by atoms with E-state index < -0.39 is 12.0 Å². The normalized spacial score (nSPS) is 15.3. The second-order valence-electron chi connectivity index (χ2n) is 8.13. The van der Waals surface area contributed by atoms with Crippen molar-refractivity contribution in [1.82, 2.24) is 4.57 Å². The SMILES string of the molecule is CCOC(=O)C1=C(C)N=c2s/c(=C/c3ccc(OC)cc3C)c(=O)n2[C@@H]1c1cc(OC)ccc1OC. The van der Waals surface area contributed by atoms with Gasteiger partial charge in [-0.1, -0.05) is 17.4 Å². The number of ether oxygens (including phenoxy) is 4. The van der Waals surface area contributed by atoms with Crippen LogP contribution in [0.25, 0.3) is 6.08 Å². The summed E-state index contributed by atoms with van der Waals surface area (Å²) in [4.78, 5) is 32.1. The molecule has 188 valence electrons. The number of thiazole rings is 1. The van der Waals surface area contributed by atoms with E-state index in [0.29, 0.717) is 32.1 Å². The van der Waals surface area contributed by atoms with Gasteiger partial charge in [0.15, 0.2) is 4.80 Å². The van der Waals surface area contributed by atoms with Gasteiger partial charge in [-0.2, -0.15) is 0 Å². The summed E-state index contributed by atoms with van der Waals surface area (Å²) in [5.41, 5.74) is 2.95. The predicted octanol–water partition coefficient (Wildman–Crippen LogP) is 3.13. The maximum absolute atomic E-state index is 13.8. The van der Waals surface area contributed by atoms with Gasteiger partial charge in [0.05, 0.1) is 43.7 Å². The first kappa shape index (κ1) is 25.2. The predicted molar refractivity (Wildman–Crippen MR) is 138 cm³/mol. The minimum Gasteiger partial charge on any atom is -0.497 e. The Morgan fingerprint density at radius 3 is 2.39 bits per heavy atom. The van der Waals surface area contributed by atoms with E-state index in [2.05, 4.69) is 4.99 Å². The first-order valence-corrected chi connectivity index (χ1v) is 12.2. The molecule has 0 saturated carbocycles. The Bertz CT molecular complexity index is 1530. The van der Waals surface area contributed by atoms with Gasteiger partial charge in [0.1, 0.15) is 23.3 Å². The highest BCUT2D eigenvalue weighted by Crippen LogP contribution is 2.37. The number of esters is 1. The topological polar surface area (TPSA) is 88.4 Å². The quantitative estimate of drug-likeness (QED) is 0.456. The molecular weight excluding hydrogens is 480 g/mol. The van der Waals surface area contributed by atoms with Gasteiger partial charge in [-0.25, -0.2) is 9.79 Å². The van der Waals surface area contributed by atoms with E-state index in [1.54, 1.807) is 53.4 Å². The van der Waals surface area contributed by atoms with Crippen LogP contribution in [0.1, 0.15) is 36.6 Å². The lowest BCUT2D eigenvalue weighted by atomic mass is 9.94. The van der Waals surface area contributed by atoms with Crippen molar-refractivity contribution in [2.45, 2.75) is 26.8 Å². The van der Waals surface area contributed by atoms with Crippen LogP contribution in [0.3, 0.4) is 0 Å². The van der Waals surface area contributed by atoms with Crippen LogP contribution in [-0.4, -0.2) is 38.5 Å². The molecule has 1 aliphatic heterocycles. The third-order valence-electron chi connectivity index (χ3n) is 6.01. The summed E-state index contributed by atoms with van der Waals surface area (Å²) in [6, 6.07) is 10.2. The van der Waals surface area contributed by atoms with Gasteiger partial charge >= 0.3 is 5.97 Å². The number of benzene rings is 2. The summed E-state index contributed by atoms with van der Waals surface area (Å²) in [5.74, 6) is 1.29. The third kappa shape index (κ3) is 4.54. The van der Waals surface area contributed by atoms with Gasteiger partial charge in [0.2, 0.25) is 0 Å². The minimum atomic E-state index is -0.801. The molecule has 36 heavy (non-hydrogen) atoms. The Kier molecular flexibility index (Phi) is 7.30. The lowest BCUT2D eigenvalue weighted by molar-refractivity contribution is -0.139. The Balaban J connectivity index is 2.00. The molecule has 0 fully saturated rings. The molecule has 3 aromatic rings. The van der Waals surface area contributed by atoms with Crippen molar-refractivity contribution in [2.24, 2.45) is 4.99 Å². The highest BCUT2D eigenvalue weighted by atomic mass is 32.1. The first-order valence-electron chi connectivity index (χ1n) is 11.4. The molecule has 1 aliphatic rings. The van der Waals surface area contributed by atoms with Gasteiger partial charge in [-0.05, 0) is 68.3 Å². The summed E-state index contributed by atoms with van der Waals surface area (Å²) in [7, 11) is 4.71. The van der Waals surface area contributed by atoms with Crippen molar-refractivity contribution in [3.8, 4) is 17.2 Å². The zero-order chi connectivity index (χ0) is 26.0. The monoisotopic (exact) mass is 508 g/mol. The minimum absolute atomic E-state index is 0.193. The van der Waals surface area contributed by atoms with Crippen molar-refractivity contribution in [3.63, 3.8) is 0 Å². The largest absolute Gasteiger partial charge is 0.497 e. The van der Waals surface area contributed by atoms with Crippen LogP contribution in [0.2, 0.25) is 0 Å². The molecule has 0 spiro atoms. The molecule has 8 nitrogen and oxygen atoms in total. The molecule has 0 saturated heterocycles. The molecule has 2 aromatic carbocycles. The Morgan fingerprint density at radius 2 is 1.75 bits per heavy atom. The van der Waals surface area contributed by atoms with Gasteiger partial charge in [-0.3, -0.25) is 9.36 Å². The molecule has 0 amide bonds. The Morgan fingerprint density at radius 1 is 1.06 bits per heavy atom. The molecule has 0 bridgehead atoms. The highest BCUT2D eigenvalue weighted by molar-refractivity contribution is 7.07. The second kappa shape index (κ2) is 10.4. The van der Waals surface area contributed by atoms with Crippen LogP contribution < -0.4 is 29.1 Å². The maximum Gasteiger partial charge on any atom is 0.338 e. The molecule has 1 atom stereocenters. The smallest absolute Gasteiger partial charge is 0.338 e. The number of rotatable bonds is 7. The summed E-state index contributed by atoms with van der Waals surface area (Å²) in [6.45, 7) is 5.63. The van der Waals surface area contributed by atoms with E-state index >= 15 is 0 Å². The number of methoxy groups -OCH3 is 3. The van der Waals surface area contributed by atoms with E-state index in [1.807, 2.05) is 31.2 Å². The number of hydrogen-bond acceptors (Lipinski definition) is 8. The molecule has 0 radical (unpaired) electrons. The number of carbonyl (C=O) groups is 1. The highest BCUT2D eigenvalue weighted by Gasteiger charge is 2.35. The standard InChI is InChI=1S/C27H28N2O6S/c1-7-35-26(31)23-16(3)28-27-29(24(23)20-14-19(33-5)10-11-21(20)34-6)25(30)22(36-27)13-17-8-9-18(32-4)12-15(17)2/h8-14,24H,7H2,1-6H3/b22-13+/t24-/m1/s1. The second-order valence-corrected chi connectivity index (χ2v) is 9.14. The van der Waals surface area contributed by atoms with E-state index in [1.165, 1.54) is 15.9 Å². The number of nitrogens with zero attached hydrogens (tertiary/aromatic N) is 2.